The van der Waals surface area contributed by atoms with Gasteiger partial charge in [-0.3, -0.25) is 0 Å². The van der Waals surface area contributed by atoms with Crippen LogP contribution in [0, 0.1) is 0 Å². The number of thioether (sulfide) groups is 1. The molecule has 0 radical (unpaired) electrons. The Morgan fingerprint density at radius 1 is 1.17 bits per heavy atom. The van der Waals surface area contributed by atoms with E-state index in [1.165, 1.54) is 37.9 Å². The first-order chi connectivity index (χ1) is 5.93. The van der Waals surface area contributed by atoms with Crippen LogP contribution >= 0.6 is 24.4 Å². The summed E-state index contributed by atoms with van der Waals surface area (Å²) in [5, 5.41) is 0.948. The van der Waals surface area contributed by atoms with Gasteiger partial charge in [0.05, 0.1) is 0 Å². The maximum atomic E-state index is 4.12. The van der Waals surface area contributed by atoms with Crippen molar-refractivity contribution in [3.05, 3.63) is 12.2 Å². The van der Waals surface area contributed by atoms with Gasteiger partial charge in [0.15, 0.2) is 0 Å². The Labute approximate surface area is 85.6 Å². The molecule has 0 spiro atoms. The molecule has 0 unspecified atom stereocenters. The predicted octanol–water partition coefficient (Wildman–Crippen LogP) is 3.54. The molecule has 0 aromatic rings. The van der Waals surface area contributed by atoms with Gasteiger partial charge in [-0.15, -0.1) is 0 Å². The van der Waals surface area contributed by atoms with Gasteiger partial charge in [0.2, 0.25) is 0 Å². The van der Waals surface area contributed by atoms with Crippen LogP contribution in [0.2, 0.25) is 0 Å². The van der Waals surface area contributed by atoms with Gasteiger partial charge in [-0.05, 0) is 12.8 Å². The standard InChI is InChI=1S/C10H18S2/c11-8-4-5-9-12-10-6-2-1-3-7-10/h4-5,10-11H,1-3,6-9H2. The SMILES string of the molecule is SCC=CCSC1CCCCC1. The van der Waals surface area contributed by atoms with Crippen molar-refractivity contribution in [2.24, 2.45) is 0 Å². The average molecular weight is 202 g/mol. The number of rotatable bonds is 4. The van der Waals surface area contributed by atoms with Crippen molar-refractivity contribution < 1.29 is 0 Å². The van der Waals surface area contributed by atoms with Gasteiger partial charge in [-0.2, -0.15) is 24.4 Å². The smallest absolute Gasteiger partial charge is 0.0116 e. The van der Waals surface area contributed by atoms with Crippen molar-refractivity contribution in [2.75, 3.05) is 11.5 Å². The fourth-order valence-corrected chi connectivity index (χ4v) is 2.90. The highest BCUT2D eigenvalue weighted by Crippen LogP contribution is 2.27. The molecule has 1 fully saturated rings. The molecule has 0 aromatic carbocycles. The normalized spacial score (nSPS) is 20.4. The van der Waals surface area contributed by atoms with Gasteiger partial charge >= 0.3 is 0 Å². The molecule has 0 N–H and O–H groups in total. The Morgan fingerprint density at radius 3 is 2.58 bits per heavy atom. The molecule has 1 aliphatic carbocycles. The third kappa shape index (κ3) is 4.46. The van der Waals surface area contributed by atoms with Gasteiger partial charge < -0.3 is 0 Å². The molecule has 0 saturated heterocycles. The Morgan fingerprint density at radius 2 is 1.92 bits per heavy atom. The van der Waals surface area contributed by atoms with E-state index >= 15 is 0 Å². The van der Waals surface area contributed by atoms with Crippen LogP contribution in [0.3, 0.4) is 0 Å². The summed E-state index contributed by atoms with van der Waals surface area (Å²) in [5.41, 5.74) is 0. The zero-order valence-corrected chi connectivity index (χ0v) is 9.25. The number of hydrogen-bond acceptors (Lipinski definition) is 2. The van der Waals surface area contributed by atoms with Crippen molar-refractivity contribution in [1.82, 2.24) is 0 Å². The molecule has 70 valence electrons. The molecule has 1 rings (SSSR count). The topological polar surface area (TPSA) is 0 Å². The zero-order valence-electron chi connectivity index (χ0n) is 7.54. The van der Waals surface area contributed by atoms with Crippen molar-refractivity contribution in [3.8, 4) is 0 Å². The van der Waals surface area contributed by atoms with Gasteiger partial charge in [0.25, 0.3) is 0 Å². The summed E-state index contributed by atoms with van der Waals surface area (Å²) in [6, 6.07) is 0. The molecular weight excluding hydrogens is 184 g/mol. The fourth-order valence-electron chi connectivity index (χ4n) is 1.57. The minimum Gasteiger partial charge on any atom is -0.175 e. The third-order valence-corrected chi connectivity index (χ3v) is 3.79. The van der Waals surface area contributed by atoms with Crippen LogP contribution in [-0.2, 0) is 0 Å². The predicted molar refractivity (Wildman–Crippen MR) is 62.3 cm³/mol. The van der Waals surface area contributed by atoms with Crippen LogP contribution in [0.25, 0.3) is 0 Å². The molecule has 0 bridgehead atoms. The summed E-state index contributed by atoms with van der Waals surface area (Å²) in [6.07, 6.45) is 11.6. The van der Waals surface area contributed by atoms with Crippen LogP contribution in [0.1, 0.15) is 32.1 Å². The second-order valence-corrected chi connectivity index (χ2v) is 4.95. The zero-order chi connectivity index (χ0) is 8.65. The van der Waals surface area contributed by atoms with Crippen LogP contribution in [0.5, 0.6) is 0 Å². The second kappa shape index (κ2) is 6.90. The first-order valence-corrected chi connectivity index (χ1v) is 6.49. The lowest BCUT2D eigenvalue weighted by molar-refractivity contribution is 0.516. The molecular formula is C10H18S2. The summed E-state index contributed by atoms with van der Waals surface area (Å²) in [7, 11) is 0. The summed E-state index contributed by atoms with van der Waals surface area (Å²) in [5.74, 6) is 2.07. The third-order valence-electron chi connectivity index (χ3n) is 2.25. The summed E-state index contributed by atoms with van der Waals surface area (Å²) in [4.78, 5) is 0. The number of hydrogen-bond donors (Lipinski definition) is 1. The minimum absolute atomic E-state index is 0.880. The maximum Gasteiger partial charge on any atom is 0.0116 e. The molecule has 0 heterocycles. The monoisotopic (exact) mass is 202 g/mol. The largest absolute Gasteiger partial charge is 0.175 e. The van der Waals surface area contributed by atoms with Gasteiger partial charge in [-0.25, -0.2) is 0 Å². The summed E-state index contributed by atoms with van der Waals surface area (Å²) >= 11 is 6.24. The molecule has 0 atom stereocenters. The lowest BCUT2D eigenvalue weighted by Gasteiger charge is -2.20. The second-order valence-electron chi connectivity index (χ2n) is 3.25. The Hall–Kier alpha value is 0.440. The van der Waals surface area contributed by atoms with Crippen LogP contribution < -0.4 is 0 Å². The van der Waals surface area contributed by atoms with Gasteiger partial charge in [-0.1, -0.05) is 31.4 Å². The van der Waals surface area contributed by atoms with E-state index in [2.05, 4.69) is 36.5 Å². The van der Waals surface area contributed by atoms with E-state index in [1.807, 2.05) is 0 Å². The van der Waals surface area contributed by atoms with E-state index in [9.17, 15) is 0 Å². The van der Waals surface area contributed by atoms with E-state index in [1.54, 1.807) is 0 Å². The van der Waals surface area contributed by atoms with E-state index in [0.29, 0.717) is 0 Å². The summed E-state index contributed by atoms with van der Waals surface area (Å²) < 4.78 is 0. The molecule has 1 saturated carbocycles. The highest BCUT2D eigenvalue weighted by Gasteiger charge is 2.12. The van der Waals surface area contributed by atoms with Crippen LogP contribution in [-0.4, -0.2) is 16.8 Å². The maximum absolute atomic E-state index is 4.12. The molecule has 0 aromatic heterocycles. The lowest BCUT2D eigenvalue weighted by atomic mass is 10.0. The minimum atomic E-state index is 0.880. The van der Waals surface area contributed by atoms with Crippen molar-refractivity contribution >= 4 is 24.4 Å². The van der Waals surface area contributed by atoms with Crippen LogP contribution in [0.15, 0.2) is 12.2 Å². The molecule has 1 aliphatic rings. The Kier molecular flexibility index (Phi) is 6.05. The van der Waals surface area contributed by atoms with E-state index in [-0.39, 0.29) is 0 Å². The van der Waals surface area contributed by atoms with Crippen molar-refractivity contribution in [2.45, 2.75) is 37.4 Å². The fraction of sp³-hybridized carbons (Fsp3) is 0.800. The molecule has 0 amide bonds. The van der Waals surface area contributed by atoms with E-state index in [4.69, 9.17) is 0 Å². The molecule has 0 aliphatic heterocycles. The van der Waals surface area contributed by atoms with E-state index in [0.717, 1.165) is 11.0 Å². The molecule has 0 nitrogen and oxygen atoms in total. The molecule has 12 heavy (non-hydrogen) atoms. The first-order valence-electron chi connectivity index (χ1n) is 4.81. The molecule has 2 heteroatoms. The van der Waals surface area contributed by atoms with Crippen LogP contribution in [0.4, 0.5) is 0 Å². The first kappa shape index (κ1) is 10.5. The Balaban J connectivity index is 2.01. The highest BCUT2D eigenvalue weighted by molar-refractivity contribution is 8.00. The lowest BCUT2D eigenvalue weighted by Crippen LogP contribution is -2.08. The van der Waals surface area contributed by atoms with E-state index < -0.39 is 0 Å². The van der Waals surface area contributed by atoms with Crippen molar-refractivity contribution in [1.29, 1.82) is 0 Å². The van der Waals surface area contributed by atoms with Gasteiger partial charge in [0.1, 0.15) is 0 Å². The highest BCUT2D eigenvalue weighted by atomic mass is 32.2. The van der Waals surface area contributed by atoms with Gasteiger partial charge in [0, 0.05) is 16.8 Å². The summed E-state index contributed by atoms with van der Waals surface area (Å²) in [6.45, 7) is 0. The Bertz CT molecular complexity index is 126. The number of thiol groups is 1. The average Bonchev–Trinajstić information content (AvgIpc) is 2.14. The quantitative estimate of drug-likeness (QED) is 0.537. The van der Waals surface area contributed by atoms with Crippen molar-refractivity contribution in [3.63, 3.8) is 0 Å².